The van der Waals surface area contributed by atoms with Crippen LogP contribution in [0.3, 0.4) is 0 Å². The number of benzene rings is 1. The fourth-order valence-corrected chi connectivity index (χ4v) is 3.24. The minimum absolute atomic E-state index is 0.154. The number of hydrogen-bond donors (Lipinski definition) is 1. The minimum atomic E-state index is -3.12. The van der Waals surface area contributed by atoms with Crippen LogP contribution < -0.4 is 5.32 Å². The van der Waals surface area contributed by atoms with Gasteiger partial charge >= 0.3 is 0 Å². The van der Waals surface area contributed by atoms with Gasteiger partial charge in [-0.25, -0.2) is 8.42 Å². The molecule has 0 aromatic heterocycles. The van der Waals surface area contributed by atoms with Gasteiger partial charge in [0.15, 0.2) is 9.84 Å². The molecule has 0 aliphatic heterocycles. The minimum Gasteiger partial charge on any atom is -0.313 e. The average molecular weight is 255 g/mol. The smallest absolute Gasteiger partial charge is 0.178 e. The summed E-state index contributed by atoms with van der Waals surface area (Å²) in [6.45, 7) is 7.56. The molecule has 0 saturated heterocycles. The van der Waals surface area contributed by atoms with Crippen LogP contribution >= 0.6 is 0 Å². The second kappa shape index (κ2) is 6.17. The van der Waals surface area contributed by atoms with E-state index in [4.69, 9.17) is 0 Å². The summed E-state index contributed by atoms with van der Waals surface area (Å²) in [5.41, 5.74) is 1.11. The van der Waals surface area contributed by atoms with Crippen molar-refractivity contribution in [2.24, 2.45) is 5.92 Å². The molecule has 1 aromatic carbocycles. The van der Waals surface area contributed by atoms with E-state index in [9.17, 15) is 8.42 Å². The highest BCUT2D eigenvalue weighted by molar-refractivity contribution is 7.91. The molecule has 1 aromatic rings. The summed E-state index contributed by atoms with van der Waals surface area (Å²) >= 11 is 0. The molecule has 0 unspecified atom stereocenters. The second-order valence-electron chi connectivity index (χ2n) is 4.60. The van der Waals surface area contributed by atoms with Gasteiger partial charge in [0.05, 0.1) is 10.6 Å². The molecule has 96 valence electrons. The van der Waals surface area contributed by atoms with E-state index < -0.39 is 9.84 Å². The summed E-state index contributed by atoms with van der Waals surface area (Å²) in [5.74, 6) is 0.362. The zero-order valence-corrected chi connectivity index (χ0v) is 11.5. The summed E-state index contributed by atoms with van der Waals surface area (Å²) < 4.78 is 23.9. The maximum absolute atomic E-state index is 12.0. The third-order valence-corrected chi connectivity index (χ3v) is 4.51. The van der Waals surface area contributed by atoms with Crippen molar-refractivity contribution in [3.63, 3.8) is 0 Å². The molecule has 0 heterocycles. The van der Waals surface area contributed by atoms with E-state index >= 15 is 0 Å². The van der Waals surface area contributed by atoms with Crippen LogP contribution in [-0.4, -0.2) is 20.7 Å². The van der Waals surface area contributed by atoms with Crippen molar-refractivity contribution in [3.8, 4) is 0 Å². The highest BCUT2D eigenvalue weighted by Crippen LogP contribution is 2.15. The molecule has 0 radical (unpaired) electrons. The summed E-state index contributed by atoms with van der Waals surface area (Å²) in [7, 11) is -3.12. The van der Waals surface area contributed by atoms with Crippen LogP contribution in [0.2, 0.25) is 0 Å². The molecule has 0 amide bonds. The Hall–Kier alpha value is -0.870. The van der Waals surface area contributed by atoms with Gasteiger partial charge in [-0.15, -0.1) is 0 Å². The first kappa shape index (κ1) is 14.2. The molecule has 17 heavy (non-hydrogen) atoms. The van der Waals surface area contributed by atoms with Crippen molar-refractivity contribution in [1.29, 1.82) is 0 Å². The van der Waals surface area contributed by atoms with Crippen LogP contribution in [0, 0.1) is 5.92 Å². The van der Waals surface area contributed by atoms with Crippen LogP contribution in [-0.2, 0) is 16.4 Å². The Bertz CT molecular complexity index is 435. The molecule has 1 rings (SSSR count). The van der Waals surface area contributed by atoms with Crippen LogP contribution in [0.1, 0.15) is 26.3 Å². The third kappa shape index (κ3) is 4.48. The SMILES string of the molecule is CCNCc1ccc(S(=O)(=O)CC(C)C)cc1. The van der Waals surface area contributed by atoms with Crippen LogP contribution in [0.5, 0.6) is 0 Å². The molecular weight excluding hydrogens is 234 g/mol. The Labute approximate surface area is 104 Å². The van der Waals surface area contributed by atoms with Gasteiger partial charge in [0.2, 0.25) is 0 Å². The van der Waals surface area contributed by atoms with E-state index in [0.29, 0.717) is 4.90 Å². The van der Waals surface area contributed by atoms with E-state index in [1.807, 2.05) is 32.9 Å². The summed E-state index contributed by atoms with van der Waals surface area (Å²) in [6, 6.07) is 7.14. The van der Waals surface area contributed by atoms with Gasteiger partial charge in [0.25, 0.3) is 0 Å². The van der Waals surface area contributed by atoms with Crippen molar-refractivity contribution in [2.75, 3.05) is 12.3 Å². The molecule has 0 aliphatic carbocycles. The van der Waals surface area contributed by atoms with Gasteiger partial charge in [-0.05, 0) is 30.2 Å². The molecule has 4 heteroatoms. The maximum Gasteiger partial charge on any atom is 0.178 e. The van der Waals surface area contributed by atoms with E-state index in [1.54, 1.807) is 12.1 Å². The Morgan fingerprint density at radius 3 is 2.24 bits per heavy atom. The lowest BCUT2D eigenvalue weighted by molar-refractivity contribution is 0.582. The first-order chi connectivity index (χ1) is 7.95. The molecule has 0 spiro atoms. The van der Waals surface area contributed by atoms with Gasteiger partial charge < -0.3 is 5.32 Å². The lowest BCUT2D eigenvalue weighted by Gasteiger charge is -2.08. The number of hydrogen-bond acceptors (Lipinski definition) is 3. The van der Waals surface area contributed by atoms with Crippen molar-refractivity contribution in [1.82, 2.24) is 5.32 Å². The van der Waals surface area contributed by atoms with Crippen molar-refractivity contribution >= 4 is 9.84 Å². The van der Waals surface area contributed by atoms with Gasteiger partial charge in [-0.1, -0.05) is 32.9 Å². The van der Waals surface area contributed by atoms with Crippen LogP contribution in [0.4, 0.5) is 0 Å². The largest absolute Gasteiger partial charge is 0.313 e. The highest BCUT2D eigenvalue weighted by atomic mass is 32.2. The molecular formula is C13H21NO2S. The number of rotatable bonds is 6. The topological polar surface area (TPSA) is 46.2 Å². The Morgan fingerprint density at radius 2 is 1.76 bits per heavy atom. The zero-order valence-electron chi connectivity index (χ0n) is 10.7. The number of nitrogens with one attached hydrogen (secondary N) is 1. The van der Waals surface area contributed by atoms with E-state index in [1.165, 1.54) is 0 Å². The molecule has 3 nitrogen and oxygen atoms in total. The van der Waals surface area contributed by atoms with Crippen molar-refractivity contribution in [3.05, 3.63) is 29.8 Å². The molecule has 0 saturated carbocycles. The Balaban J connectivity index is 2.80. The Morgan fingerprint density at radius 1 is 1.18 bits per heavy atom. The standard InChI is InChI=1S/C13H21NO2S/c1-4-14-9-12-5-7-13(8-6-12)17(15,16)10-11(2)3/h5-8,11,14H,4,9-10H2,1-3H3. The quantitative estimate of drug-likeness (QED) is 0.848. The third-order valence-electron chi connectivity index (χ3n) is 2.41. The lowest BCUT2D eigenvalue weighted by Crippen LogP contribution is -2.13. The molecule has 1 N–H and O–H groups in total. The van der Waals surface area contributed by atoms with E-state index in [0.717, 1.165) is 18.7 Å². The van der Waals surface area contributed by atoms with E-state index in [2.05, 4.69) is 5.32 Å². The van der Waals surface area contributed by atoms with Crippen molar-refractivity contribution in [2.45, 2.75) is 32.2 Å². The second-order valence-corrected chi connectivity index (χ2v) is 6.63. The highest BCUT2D eigenvalue weighted by Gasteiger charge is 2.15. The summed E-state index contributed by atoms with van der Waals surface area (Å²) in [4.78, 5) is 0.423. The first-order valence-electron chi connectivity index (χ1n) is 5.98. The van der Waals surface area contributed by atoms with Gasteiger partial charge in [0, 0.05) is 6.54 Å². The molecule has 0 bridgehead atoms. The maximum atomic E-state index is 12.0. The monoisotopic (exact) mass is 255 g/mol. The summed E-state index contributed by atoms with van der Waals surface area (Å²) in [6.07, 6.45) is 0. The fourth-order valence-electron chi connectivity index (χ4n) is 1.62. The molecule has 0 aliphatic rings. The average Bonchev–Trinajstić information content (AvgIpc) is 2.25. The van der Waals surface area contributed by atoms with Gasteiger partial charge in [-0.3, -0.25) is 0 Å². The predicted octanol–water partition coefficient (Wildman–Crippen LogP) is 2.23. The predicted molar refractivity (Wildman–Crippen MR) is 70.7 cm³/mol. The fraction of sp³-hybridized carbons (Fsp3) is 0.538. The number of sulfone groups is 1. The molecule has 0 fully saturated rings. The van der Waals surface area contributed by atoms with Crippen molar-refractivity contribution < 1.29 is 8.42 Å². The molecule has 0 atom stereocenters. The van der Waals surface area contributed by atoms with E-state index in [-0.39, 0.29) is 11.7 Å². The lowest BCUT2D eigenvalue weighted by atomic mass is 10.2. The Kier molecular flexibility index (Phi) is 5.15. The normalized spacial score (nSPS) is 12.0. The van der Waals surface area contributed by atoms with Crippen LogP contribution in [0.15, 0.2) is 29.2 Å². The zero-order chi connectivity index (χ0) is 12.9. The van der Waals surface area contributed by atoms with Crippen LogP contribution in [0.25, 0.3) is 0 Å². The van der Waals surface area contributed by atoms with Gasteiger partial charge in [0.1, 0.15) is 0 Å². The first-order valence-corrected chi connectivity index (χ1v) is 7.63. The van der Waals surface area contributed by atoms with Gasteiger partial charge in [-0.2, -0.15) is 0 Å². The summed E-state index contributed by atoms with van der Waals surface area (Å²) in [5, 5.41) is 3.21.